The van der Waals surface area contributed by atoms with Gasteiger partial charge in [0.1, 0.15) is 17.1 Å². The van der Waals surface area contributed by atoms with Crippen LogP contribution >= 0.6 is 0 Å². The number of aryl methyl sites for hydroxylation is 1. The van der Waals surface area contributed by atoms with Crippen LogP contribution in [0.1, 0.15) is 59.6 Å². The molecule has 4 aromatic rings. The molecule has 1 amide bonds. The molecule has 0 radical (unpaired) electrons. The fourth-order valence-electron chi connectivity index (χ4n) is 5.63. The average molecular weight is 519 g/mol. The van der Waals surface area contributed by atoms with Gasteiger partial charge < -0.3 is 4.90 Å². The minimum absolute atomic E-state index is 0.109. The smallest absolute Gasteiger partial charge is 0.273 e. The number of H-pyrrole nitrogens is 1. The zero-order valence-electron chi connectivity index (χ0n) is 21.1. The molecule has 1 aliphatic heterocycles. The van der Waals surface area contributed by atoms with Crippen LogP contribution in [0, 0.1) is 18.7 Å². The first kappa shape index (κ1) is 24.4. The number of carbonyl (C=O) groups is 1. The predicted octanol–water partition coefficient (Wildman–Crippen LogP) is 4.68. The van der Waals surface area contributed by atoms with Crippen molar-refractivity contribution in [2.24, 2.45) is 5.92 Å². The Kier molecular flexibility index (Phi) is 6.25. The maximum absolute atomic E-state index is 15.2. The number of aromatic amines is 1. The second-order valence-electron chi connectivity index (χ2n) is 10.3. The largest absolute Gasteiger partial charge is 0.338 e. The van der Waals surface area contributed by atoms with Crippen molar-refractivity contribution in [3.63, 3.8) is 0 Å². The number of halogens is 2. The molecule has 2 fully saturated rings. The van der Waals surface area contributed by atoms with E-state index in [1.807, 2.05) is 0 Å². The molecule has 1 saturated heterocycles. The molecule has 1 saturated carbocycles. The lowest BCUT2D eigenvalue weighted by Gasteiger charge is -2.37. The summed E-state index contributed by atoms with van der Waals surface area (Å²) in [5.74, 6) is -0.690. The third-order valence-corrected chi connectivity index (χ3v) is 7.75. The summed E-state index contributed by atoms with van der Waals surface area (Å²) in [6.07, 6.45) is 8.37. The van der Waals surface area contributed by atoms with E-state index in [-0.39, 0.29) is 53.6 Å². The first-order valence-electron chi connectivity index (χ1n) is 13.0. The average Bonchev–Trinajstić information content (AvgIpc) is 3.28. The van der Waals surface area contributed by atoms with Crippen molar-refractivity contribution in [3.8, 4) is 22.6 Å². The van der Waals surface area contributed by atoms with Gasteiger partial charge in [0.25, 0.3) is 11.5 Å². The van der Waals surface area contributed by atoms with Crippen molar-refractivity contribution < 1.29 is 13.6 Å². The molecule has 196 valence electrons. The van der Waals surface area contributed by atoms with Crippen molar-refractivity contribution in [2.75, 3.05) is 19.8 Å². The molecule has 0 spiro atoms. The summed E-state index contributed by atoms with van der Waals surface area (Å²) in [5.41, 5.74) is 2.52. The first-order valence-corrected chi connectivity index (χ1v) is 13.0. The highest BCUT2D eigenvalue weighted by molar-refractivity contribution is 6.06. The fraction of sp³-hybridized carbons (Fsp3) is 0.393. The summed E-state index contributed by atoms with van der Waals surface area (Å²) in [6.45, 7) is 1.81. The SMILES string of the molecule is Cc1nccnc1-c1[nH]n2c(=O)cc(-c3ccc(C4CCCCC4)c(F)c3)nc2c1C(=O)N1CC(CF)C1. The summed E-state index contributed by atoms with van der Waals surface area (Å²) in [4.78, 5) is 41.7. The van der Waals surface area contributed by atoms with E-state index in [0.29, 0.717) is 28.2 Å². The summed E-state index contributed by atoms with van der Waals surface area (Å²) in [6, 6.07) is 6.32. The van der Waals surface area contributed by atoms with Gasteiger partial charge in [0.15, 0.2) is 5.65 Å². The fourth-order valence-corrected chi connectivity index (χ4v) is 5.63. The Morgan fingerprint density at radius 2 is 1.87 bits per heavy atom. The van der Waals surface area contributed by atoms with Crippen LogP contribution in [0.15, 0.2) is 41.5 Å². The highest BCUT2D eigenvalue weighted by Gasteiger charge is 2.35. The van der Waals surface area contributed by atoms with Crippen LogP contribution in [0.4, 0.5) is 8.78 Å². The number of aromatic nitrogens is 5. The maximum Gasteiger partial charge on any atom is 0.273 e. The van der Waals surface area contributed by atoms with E-state index >= 15 is 4.39 Å². The molecule has 10 heteroatoms. The molecular weight excluding hydrogens is 490 g/mol. The molecule has 3 aromatic heterocycles. The summed E-state index contributed by atoms with van der Waals surface area (Å²) in [7, 11) is 0. The van der Waals surface area contributed by atoms with E-state index in [4.69, 9.17) is 0 Å². The van der Waals surface area contributed by atoms with Gasteiger partial charge >= 0.3 is 0 Å². The molecule has 0 atom stereocenters. The number of alkyl halides is 1. The molecule has 4 heterocycles. The minimum atomic E-state index is -0.502. The number of carbonyl (C=O) groups excluding carboxylic acids is 1. The minimum Gasteiger partial charge on any atom is -0.338 e. The number of amides is 1. The quantitative estimate of drug-likeness (QED) is 0.414. The van der Waals surface area contributed by atoms with Crippen molar-refractivity contribution in [2.45, 2.75) is 44.9 Å². The number of fused-ring (bicyclic) bond motifs is 1. The van der Waals surface area contributed by atoms with Gasteiger partial charge in [0, 0.05) is 43.0 Å². The second-order valence-corrected chi connectivity index (χ2v) is 10.3. The van der Waals surface area contributed by atoms with Crippen LogP contribution < -0.4 is 5.56 Å². The van der Waals surface area contributed by atoms with Crippen molar-refractivity contribution >= 4 is 11.6 Å². The lowest BCUT2D eigenvalue weighted by Crippen LogP contribution is -2.50. The number of likely N-dealkylation sites (tertiary alicyclic amines) is 1. The maximum atomic E-state index is 15.2. The Bertz CT molecular complexity index is 1580. The Morgan fingerprint density at radius 3 is 2.58 bits per heavy atom. The van der Waals surface area contributed by atoms with Crippen molar-refractivity contribution in [1.82, 2.24) is 29.5 Å². The van der Waals surface area contributed by atoms with Gasteiger partial charge in [-0.05, 0) is 37.3 Å². The first-order chi connectivity index (χ1) is 18.4. The summed E-state index contributed by atoms with van der Waals surface area (Å²) < 4.78 is 29.5. The lowest BCUT2D eigenvalue weighted by atomic mass is 9.83. The van der Waals surface area contributed by atoms with E-state index in [2.05, 4.69) is 20.1 Å². The van der Waals surface area contributed by atoms with Gasteiger partial charge in [-0.1, -0.05) is 31.4 Å². The summed E-state index contributed by atoms with van der Waals surface area (Å²) in [5, 5.41) is 2.98. The number of benzene rings is 1. The molecule has 8 nitrogen and oxygen atoms in total. The number of nitrogens with one attached hydrogen (secondary N) is 1. The predicted molar refractivity (Wildman–Crippen MR) is 138 cm³/mol. The molecule has 6 rings (SSSR count). The van der Waals surface area contributed by atoms with Crippen LogP contribution in [-0.2, 0) is 0 Å². The topological polar surface area (TPSA) is 96.2 Å². The molecular formula is C28H28F2N6O2. The van der Waals surface area contributed by atoms with E-state index in [1.54, 1.807) is 19.1 Å². The highest BCUT2D eigenvalue weighted by Crippen LogP contribution is 2.35. The normalized spacial score (nSPS) is 16.7. The molecule has 1 aliphatic carbocycles. The third kappa shape index (κ3) is 4.17. The van der Waals surface area contributed by atoms with Crippen molar-refractivity contribution in [3.05, 3.63) is 69.7 Å². The molecule has 1 aromatic carbocycles. The van der Waals surface area contributed by atoms with Crippen LogP contribution in [0.25, 0.3) is 28.3 Å². The Morgan fingerprint density at radius 1 is 1.11 bits per heavy atom. The number of nitrogens with zero attached hydrogens (tertiary/aromatic N) is 5. The van der Waals surface area contributed by atoms with Gasteiger partial charge in [0.05, 0.1) is 23.8 Å². The van der Waals surface area contributed by atoms with Crippen LogP contribution in [0.2, 0.25) is 0 Å². The Labute approximate surface area is 217 Å². The van der Waals surface area contributed by atoms with Crippen LogP contribution in [-0.4, -0.2) is 55.1 Å². The Balaban J connectivity index is 1.47. The molecule has 2 aliphatic rings. The lowest BCUT2D eigenvalue weighted by molar-refractivity contribution is 0.0455. The summed E-state index contributed by atoms with van der Waals surface area (Å²) >= 11 is 0. The van der Waals surface area contributed by atoms with Gasteiger partial charge in [-0.2, -0.15) is 0 Å². The molecule has 0 bridgehead atoms. The standard InChI is InChI=1S/C28H28F2N6O2/c1-16-25(32-10-9-31-16)26-24(28(38)35-14-17(13-29)15-35)27-33-22(12-23(37)36(27)34-26)19-7-8-20(21(30)11-19)18-5-3-2-4-6-18/h7-12,17-18,34H,2-6,13-15H2,1H3. The van der Waals surface area contributed by atoms with E-state index in [9.17, 15) is 14.0 Å². The van der Waals surface area contributed by atoms with Gasteiger partial charge in [0.2, 0.25) is 0 Å². The van der Waals surface area contributed by atoms with E-state index in [0.717, 1.165) is 25.7 Å². The molecule has 38 heavy (non-hydrogen) atoms. The number of hydrogen-bond acceptors (Lipinski definition) is 5. The van der Waals surface area contributed by atoms with E-state index < -0.39 is 12.2 Å². The van der Waals surface area contributed by atoms with Gasteiger partial charge in [-0.3, -0.25) is 29.0 Å². The third-order valence-electron chi connectivity index (χ3n) is 7.75. The zero-order chi connectivity index (χ0) is 26.4. The molecule has 1 N–H and O–H groups in total. The van der Waals surface area contributed by atoms with E-state index in [1.165, 1.54) is 40.4 Å². The van der Waals surface area contributed by atoms with Crippen LogP contribution in [0.3, 0.4) is 0 Å². The zero-order valence-corrected chi connectivity index (χ0v) is 21.1. The van der Waals surface area contributed by atoms with Gasteiger partial charge in [-0.15, -0.1) is 0 Å². The van der Waals surface area contributed by atoms with Crippen LogP contribution in [0.5, 0.6) is 0 Å². The molecule has 0 unspecified atom stereocenters. The Hall–Kier alpha value is -3.95. The number of hydrogen-bond donors (Lipinski definition) is 1. The second kappa shape index (κ2) is 9.74. The van der Waals surface area contributed by atoms with Crippen molar-refractivity contribution in [1.29, 1.82) is 0 Å². The van der Waals surface area contributed by atoms with Gasteiger partial charge in [-0.25, -0.2) is 13.9 Å². The monoisotopic (exact) mass is 518 g/mol. The highest BCUT2D eigenvalue weighted by atomic mass is 19.1. The number of rotatable bonds is 5.